The van der Waals surface area contributed by atoms with Crippen molar-refractivity contribution in [2.24, 2.45) is 0 Å². The molecule has 0 aliphatic rings. The zero-order valence-corrected chi connectivity index (χ0v) is 10.0. The van der Waals surface area contributed by atoms with Gasteiger partial charge in [-0.1, -0.05) is 18.7 Å². The Kier molecular flexibility index (Phi) is 4.54. The quantitative estimate of drug-likeness (QED) is 0.786. The molecule has 1 aromatic rings. The van der Waals surface area contributed by atoms with Crippen LogP contribution < -0.4 is 5.56 Å². The van der Waals surface area contributed by atoms with Crippen LogP contribution in [-0.2, 0) is 11.3 Å². The standard InChI is InChI=1S/C10H14N2O3S/c1-3-5-12-6-4-11-8(9(12)13)16-7(2)10(14)15/h4,6-7H,3,5H2,1-2H3,(H,14,15). The third-order valence-corrected chi connectivity index (χ3v) is 3.04. The molecule has 0 aliphatic carbocycles. The summed E-state index contributed by atoms with van der Waals surface area (Å²) >= 11 is 0.974. The summed E-state index contributed by atoms with van der Waals surface area (Å²) < 4.78 is 1.55. The van der Waals surface area contributed by atoms with Crippen LogP contribution in [0.4, 0.5) is 0 Å². The number of rotatable bonds is 5. The summed E-state index contributed by atoms with van der Waals surface area (Å²) in [4.78, 5) is 26.4. The maximum atomic E-state index is 11.8. The summed E-state index contributed by atoms with van der Waals surface area (Å²) in [5.74, 6) is -0.947. The Labute approximate surface area is 97.5 Å². The second kappa shape index (κ2) is 5.69. The third-order valence-electron chi connectivity index (χ3n) is 1.98. The van der Waals surface area contributed by atoms with E-state index in [2.05, 4.69) is 4.98 Å². The van der Waals surface area contributed by atoms with Crippen molar-refractivity contribution in [3.05, 3.63) is 22.7 Å². The first kappa shape index (κ1) is 12.8. The predicted octanol–water partition coefficient (Wildman–Crippen LogP) is 1.22. The van der Waals surface area contributed by atoms with Crippen LogP contribution in [0.25, 0.3) is 0 Å². The van der Waals surface area contributed by atoms with E-state index < -0.39 is 11.2 Å². The average Bonchev–Trinajstić information content (AvgIpc) is 2.24. The van der Waals surface area contributed by atoms with Crippen LogP contribution in [0.1, 0.15) is 20.3 Å². The zero-order valence-electron chi connectivity index (χ0n) is 9.21. The molecule has 0 radical (unpaired) electrons. The first-order valence-corrected chi connectivity index (χ1v) is 5.89. The molecule has 0 saturated heterocycles. The van der Waals surface area contributed by atoms with Crippen molar-refractivity contribution >= 4 is 17.7 Å². The van der Waals surface area contributed by atoms with Gasteiger partial charge in [0.05, 0.1) is 0 Å². The van der Waals surface area contributed by atoms with Crippen LogP contribution in [0.15, 0.2) is 22.2 Å². The van der Waals surface area contributed by atoms with Gasteiger partial charge in [-0.15, -0.1) is 0 Å². The molecular weight excluding hydrogens is 228 g/mol. The molecule has 16 heavy (non-hydrogen) atoms. The highest BCUT2D eigenvalue weighted by Crippen LogP contribution is 2.17. The number of aromatic nitrogens is 2. The fraction of sp³-hybridized carbons (Fsp3) is 0.500. The van der Waals surface area contributed by atoms with E-state index in [9.17, 15) is 9.59 Å². The summed E-state index contributed by atoms with van der Waals surface area (Å²) in [5, 5.41) is 8.32. The highest BCUT2D eigenvalue weighted by molar-refractivity contribution is 8.00. The van der Waals surface area contributed by atoms with E-state index in [1.165, 1.54) is 13.1 Å². The number of carboxylic acid groups (broad SMARTS) is 1. The number of aryl methyl sites for hydroxylation is 1. The monoisotopic (exact) mass is 242 g/mol. The minimum atomic E-state index is -0.947. The van der Waals surface area contributed by atoms with Gasteiger partial charge in [0.1, 0.15) is 5.25 Å². The average molecular weight is 242 g/mol. The third kappa shape index (κ3) is 3.10. The smallest absolute Gasteiger partial charge is 0.316 e. The molecule has 1 aromatic heterocycles. The van der Waals surface area contributed by atoms with E-state index in [1.54, 1.807) is 10.8 Å². The normalized spacial score (nSPS) is 12.4. The molecule has 0 bridgehead atoms. The molecule has 0 saturated carbocycles. The van der Waals surface area contributed by atoms with Gasteiger partial charge >= 0.3 is 5.97 Å². The van der Waals surface area contributed by atoms with E-state index in [0.29, 0.717) is 6.54 Å². The van der Waals surface area contributed by atoms with Crippen LogP contribution in [0.5, 0.6) is 0 Å². The van der Waals surface area contributed by atoms with E-state index >= 15 is 0 Å². The van der Waals surface area contributed by atoms with Crippen LogP contribution in [0.2, 0.25) is 0 Å². The lowest BCUT2D eigenvalue weighted by atomic mass is 10.5. The molecule has 0 amide bonds. The van der Waals surface area contributed by atoms with E-state index in [0.717, 1.165) is 18.2 Å². The minimum absolute atomic E-state index is 0.220. The maximum absolute atomic E-state index is 11.8. The molecule has 0 aromatic carbocycles. The number of carboxylic acids is 1. The van der Waals surface area contributed by atoms with Gasteiger partial charge in [0, 0.05) is 18.9 Å². The lowest BCUT2D eigenvalue weighted by Crippen LogP contribution is -2.23. The Balaban J connectivity index is 2.93. The highest BCUT2D eigenvalue weighted by atomic mass is 32.2. The Morgan fingerprint density at radius 3 is 2.94 bits per heavy atom. The van der Waals surface area contributed by atoms with Gasteiger partial charge in [-0.3, -0.25) is 9.59 Å². The fourth-order valence-electron chi connectivity index (χ4n) is 1.14. The van der Waals surface area contributed by atoms with Gasteiger partial charge in [0.15, 0.2) is 5.03 Å². The van der Waals surface area contributed by atoms with Gasteiger partial charge in [-0.25, -0.2) is 4.98 Å². The van der Waals surface area contributed by atoms with Crippen molar-refractivity contribution in [1.82, 2.24) is 9.55 Å². The Morgan fingerprint density at radius 1 is 1.69 bits per heavy atom. The summed E-state index contributed by atoms with van der Waals surface area (Å²) in [7, 11) is 0. The number of hydrogen-bond acceptors (Lipinski definition) is 4. The molecule has 1 N–H and O–H groups in total. The van der Waals surface area contributed by atoms with Gasteiger partial charge < -0.3 is 9.67 Å². The van der Waals surface area contributed by atoms with Crippen molar-refractivity contribution in [2.75, 3.05) is 0 Å². The topological polar surface area (TPSA) is 72.2 Å². The Bertz CT molecular complexity index is 430. The first-order valence-electron chi connectivity index (χ1n) is 5.01. The van der Waals surface area contributed by atoms with Gasteiger partial charge in [0.2, 0.25) is 0 Å². The van der Waals surface area contributed by atoms with E-state index in [4.69, 9.17) is 5.11 Å². The van der Waals surface area contributed by atoms with Gasteiger partial charge in [0.25, 0.3) is 5.56 Å². The van der Waals surface area contributed by atoms with Crippen LogP contribution in [0, 0.1) is 0 Å². The molecule has 0 fully saturated rings. The molecule has 0 aliphatic heterocycles. The number of carbonyl (C=O) groups is 1. The lowest BCUT2D eigenvalue weighted by molar-refractivity contribution is -0.136. The molecular formula is C10H14N2O3S. The van der Waals surface area contributed by atoms with E-state index in [1.807, 2.05) is 6.92 Å². The van der Waals surface area contributed by atoms with Crippen molar-refractivity contribution in [1.29, 1.82) is 0 Å². The molecule has 0 spiro atoms. The van der Waals surface area contributed by atoms with Gasteiger partial charge in [-0.2, -0.15) is 0 Å². The van der Waals surface area contributed by atoms with E-state index in [-0.39, 0.29) is 10.6 Å². The number of nitrogens with zero attached hydrogens (tertiary/aromatic N) is 2. The predicted molar refractivity (Wildman–Crippen MR) is 61.7 cm³/mol. The number of hydrogen-bond donors (Lipinski definition) is 1. The van der Waals surface area contributed by atoms with Crippen LogP contribution in [0.3, 0.4) is 0 Å². The second-order valence-corrected chi connectivity index (χ2v) is 4.66. The molecule has 6 heteroatoms. The molecule has 1 rings (SSSR count). The van der Waals surface area contributed by atoms with Crippen LogP contribution >= 0.6 is 11.8 Å². The van der Waals surface area contributed by atoms with Crippen molar-refractivity contribution in [3.8, 4) is 0 Å². The molecule has 1 heterocycles. The lowest BCUT2D eigenvalue weighted by Gasteiger charge is -2.07. The second-order valence-electron chi connectivity index (χ2n) is 3.33. The highest BCUT2D eigenvalue weighted by Gasteiger charge is 2.16. The SMILES string of the molecule is CCCn1ccnc(SC(C)C(=O)O)c1=O. The van der Waals surface area contributed by atoms with Crippen molar-refractivity contribution in [2.45, 2.75) is 37.1 Å². The maximum Gasteiger partial charge on any atom is 0.316 e. The molecule has 5 nitrogen and oxygen atoms in total. The summed E-state index contributed by atoms with van der Waals surface area (Å²) in [6.45, 7) is 4.13. The van der Waals surface area contributed by atoms with Crippen molar-refractivity contribution in [3.63, 3.8) is 0 Å². The summed E-state index contributed by atoms with van der Waals surface area (Å²) in [6.07, 6.45) is 3.98. The number of aliphatic carboxylic acids is 1. The summed E-state index contributed by atoms with van der Waals surface area (Å²) in [6, 6.07) is 0. The molecule has 1 atom stereocenters. The van der Waals surface area contributed by atoms with Gasteiger partial charge in [-0.05, 0) is 13.3 Å². The van der Waals surface area contributed by atoms with Crippen molar-refractivity contribution < 1.29 is 9.90 Å². The Morgan fingerprint density at radius 2 is 2.38 bits per heavy atom. The molecule has 1 unspecified atom stereocenters. The number of thioether (sulfide) groups is 1. The minimum Gasteiger partial charge on any atom is -0.480 e. The summed E-state index contributed by atoms with van der Waals surface area (Å²) in [5.41, 5.74) is -0.220. The fourth-order valence-corrected chi connectivity index (χ4v) is 1.92. The molecule has 88 valence electrons. The first-order chi connectivity index (χ1) is 7.56. The van der Waals surface area contributed by atoms with Crippen LogP contribution in [-0.4, -0.2) is 25.9 Å². The Hall–Kier alpha value is -1.30. The largest absolute Gasteiger partial charge is 0.480 e. The zero-order chi connectivity index (χ0) is 12.1.